The van der Waals surface area contributed by atoms with Crippen LogP contribution in [0.5, 0.6) is 0 Å². The average molecular weight is 425 g/mol. The molecule has 0 fully saturated rings. The fourth-order valence-electron chi connectivity index (χ4n) is 2.57. The zero-order chi connectivity index (χ0) is 20.9. The summed E-state index contributed by atoms with van der Waals surface area (Å²) in [4.78, 5) is 9.00. The molecule has 0 atom stereocenters. The highest BCUT2D eigenvalue weighted by molar-refractivity contribution is 6.66. The van der Waals surface area contributed by atoms with E-state index in [1.807, 2.05) is 12.4 Å². The molecule has 0 saturated carbocycles. The third-order valence-corrected chi connectivity index (χ3v) is 11.0. The molecule has 0 heterocycles. The fraction of sp³-hybridized carbons (Fsp3) is 0.600. The third-order valence-electron chi connectivity index (χ3n) is 4.98. The van der Waals surface area contributed by atoms with Gasteiger partial charge in [-0.1, -0.05) is 24.3 Å². The number of nitrogens with zero attached hydrogens (tertiary/aromatic N) is 2. The maximum absolute atomic E-state index is 5.48. The molecule has 158 valence electrons. The lowest BCUT2D eigenvalue weighted by atomic mass is 10.1. The van der Waals surface area contributed by atoms with Crippen molar-refractivity contribution < 1.29 is 17.7 Å². The molecule has 6 nitrogen and oxygen atoms in total. The summed E-state index contributed by atoms with van der Waals surface area (Å²) in [7, 11) is 2.96. The van der Waals surface area contributed by atoms with Crippen LogP contribution in [0.2, 0.25) is 25.2 Å². The molecule has 0 bridgehead atoms. The first-order valence-corrected chi connectivity index (χ1v) is 14.8. The van der Waals surface area contributed by atoms with Crippen molar-refractivity contribution >= 4 is 29.6 Å². The maximum Gasteiger partial charge on any atom is 0.334 e. The molecular weight excluding hydrogens is 388 g/mol. The van der Waals surface area contributed by atoms with Gasteiger partial charge in [0.05, 0.1) is 0 Å². The second-order valence-corrected chi connectivity index (χ2v) is 14.2. The molecule has 1 aromatic rings. The van der Waals surface area contributed by atoms with Crippen LogP contribution >= 0.6 is 0 Å². The largest absolute Gasteiger partial charge is 0.398 e. The molecule has 0 saturated heterocycles. The monoisotopic (exact) mass is 424 g/mol. The summed E-state index contributed by atoms with van der Waals surface area (Å²) in [5.74, 6) is 0. The van der Waals surface area contributed by atoms with Crippen LogP contribution in [0, 0.1) is 0 Å². The van der Waals surface area contributed by atoms with Gasteiger partial charge in [0.2, 0.25) is 0 Å². The highest BCUT2D eigenvalue weighted by atomic mass is 28.4. The summed E-state index contributed by atoms with van der Waals surface area (Å²) in [6.07, 6.45) is 5.78. The predicted molar refractivity (Wildman–Crippen MR) is 121 cm³/mol. The summed E-state index contributed by atoms with van der Waals surface area (Å²) in [5, 5.41) is 0. The van der Waals surface area contributed by atoms with Crippen molar-refractivity contribution in [2.75, 3.05) is 41.5 Å². The van der Waals surface area contributed by atoms with Gasteiger partial charge < -0.3 is 17.7 Å². The molecule has 0 amide bonds. The third kappa shape index (κ3) is 9.35. The Hall–Kier alpha value is -1.17. The lowest BCUT2D eigenvalue weighted by molar-refractivity contribution is 0.248. The van der Waals surface area contributed by atoms with E-state index in [2.05, 4.69) is 47.3 Å². The lowest BCUT2D eigenvalue weighted by Crippen LogP contribution is -2.35. The molecule has 0 aliphatic heterocycles. The number of hydrogen-bond donors (Lipinski definition) is 0. The molecule has 0 unspecified atom stereocenters. The molecule has 0 aliphatic carbocycles. The minimum Gasteiger partial charge on any atom is -0.398 e. The number of benzene rings is 1. The highest BCUT2D eigenvalue weighted by Crippen LogP contribution is 2.14. The zero-order valence-corrected chi connectivity index (χ0v) is 20.2. The predicted octanol–water partition coefficient (Wildman–Crippen LogP) is 4.03. The van der Waals surface area contributed by atoms with Crippen molar-refractivity contribution in [3.63, 3.8) is 0 Å². The van der Waals surface area contributed by atoms with Gasteiger partial charge in [0.25, 0.3) is 0 Å². The summed E-state index contributed by atoms with van der Waals surface area (Å²) in [5.41, 5.74) is 2.19. The lowest BCUT2D eigenvalue weighted by Gasteiger charge is -2.21. The first kappa shape index (κ1) is 24.9. The van der Waals surface area contributed by atoms with Gasteiger partial charge in [-0.2, -0.15) is 0 Å². The van der Waals surface area contributed by atoms with Crippen LogP contribution in [0.15, 0.2) is 34.3 Å². The number of rotatable bonds is 14. The van der Waals surface area contributed by atoms with Crippen LogP contribution in [-0.4, -0.2) is 71.1 Å². The molecule has 1 rings (SSSR count). The Bertz CT molecular complexity index is 548. The normalized spacial score (nSPS) is 13.1. The van der Waals surface area contributed by atoms with Crippen molar-refractivity contribution in [1.29, 1.82) is 0 Å². The fourth-order valence-corrected chi connectivity index (χ4v) is 5.32. The van der Waals surface area contributed by atoms with Gasteiger partial charge in [0.15, 0.2) is 0 Å². The Balaban J connectivity index is 2.35. The SMILES string of the molecule is CO[Si](C)(CCC/N=C/c1ccc(/C=N/CCC[Si](C)(OC)OC)cc1)OC. The van der Waals surface area contributed by atoms with Crippen LogP contribution < -0.4 is 0 Å². The van der Waals surface area contributed by atoms with Crippen LogP contribution in [0.4, 0.5) is 0 Å². The second kappa shape index (κ2) is 13.1. The molecule has 8 heteroatoms. The van der Waals surface area contributed by atoms with Gasteiger partial charge in [-0.25, -0.2) is 0 Å². The van der Waals surface area contributed by atoms with Crippen molar-refractivity contribution in [3.8, 4) is 0 Å². The first-order valence-electron chi connectivity index (χ1n) is 9.70. The Kier molecular flexibility index (Phi) is 11.7. The van der Waals surface area contributed by atoms with E-state index in [0.29, 0.717) is 0 Å². The van der Waals surface area contributed by atoms with E-state index in [1.54, 1.807) is 28.4 Å². The van der Waals surface area contributed by atoms with Crippen molar-refractivity contribution in [2.45, 2.75) is 38.0 Å². The van der Waals surface area contributed by atoms with Crippen molar-refractivity contribution in [2.24, 2.45) is 9.98 Å². The summed E-state index contributed by atoms with van der Waals surface area (Å²) in [6.45, 7) is 5.72. The minimum absolute atomic E-state index is 0.781. The molecular formula is C20H36N2O4Si2. The minimum atomic E-state index is -1.97. The van der Waals surface area contributed by atoms with Crippen LogP contribution in [-0.2, 0) is 17.7 Å². The summed E-state index contributed by atoms with van der Waals surface area (Å²) < 4.78 is 21.9. The van der Waals surface area contributed by atoms with Gasteiger partial charge >= 0.3 is 17.1 Å². The molecule has 1 aromatic carbocycles. The molecule has 0 spiro atoms. The van der Waals surface area contributed by atoms with Crippen molar-refractivity contribution in [3.05, 3.63) is 35.4 Å². The zero-order valence-electron chi connectivity index (χ0n) is 18.2. The van der Waals surface area contributed by atoms with Crippen molar-refractivity contribution in [1.82, 2.24) is 0 Å². The van der Waals surface area contributed by atoms with E-state index in [9.17, 15) is 0 Å². The molecule has 0 aliphatic rings. The van der Waals surface area contributed by atoms with Gasteiger partial charge in [-0.3, -0.25) is 9.98 Å². The number of aliphatic imine (C=N–C) groups is 2. The molecule has 28 heavy (non-hydrogen) atoms. The van der Waals surface area contributed by atoms with Gasteiger partial charge in [-0.15, -0.1) is 0 Å². The Morgan fingerprint density at radius 3 is 1.29 bits per heavy atom. The average Bonchev–Trinajstić information content (AvgIpc) is 2.73. The highest BCUT2D eigenvalue weighted by Gasteiger charge is 2.28. The smallest absolute Gasteiger partial charge is 0.334 e. The van der Waals surface area contributed by atoms with E-state index in [0.717, 1.165) is 49.1 Å². The van der Waals surface area contributed by atoms with Crippen LogP contribution in [0.1, 0.15) is 24.0 Å². The standard InChI is InChI=1S/C20H36N2O4Si2/c1-23-27(5,24-2)15-7-13-21-17-19-9-11-20(12-10-19)18-22-14-8-16-28(6,25-3)26-4/h9-12,17-18H,7-8,13-16H2,1-6H3/b21-17+,22-18+. The number of hydrogen-bond acceptors (Lipinski definition) is 6. The summed E-state index contributed by atoms with van der Waals surface area (Å²) in [6, 6.07) is 10.1. The van der Waals surface area contributed by atoms with E-state index in [1.165, 1.54) is 0 Å². The van der Waals surface area contributed by atoms with Gasteiger partial charge in [-0.05, 0) is 49.2 Å². The molecule has 0 radical (unpaired) electrons. The van der Waals surface area contributed by atoms with E-state index in [4.69, 9.17) is 17.7 Å². The van der Waals surface area contributed by atoms with E-state index in [-0.39, 0.29) is 0 Å². The molecule has 0 N–H and O–H groups in total. The van der Waals surface area contributed by atoms with Crippen LogP contribution in [0.25, 0.3) is 0 Å². The maximum atomic E-state index is 5.48. The van der Waals surface area contributed by atoms with Gasteiger partial charge in [0.1, 0.15) is 0 Å². The Morgan fingerprint density at radius 1 is 0.679 bits per heavy atom. The summed E-state index contributed by atoms with van der Waals surface area (Å²) >= 11 is 0. The molecule has 0 aromatic heterocycles. The quantitative estimate of drug-likeness (QED) is 0.257. The van der Waals surface area contributed by atoms with Gasteiger partial charge in [0, 0.05) is 54.0 Å². The van der Waals surface area contributed by atoms with Crippen LogP contribution in [0.3, 0.4) is 0 Å². The second-order valence-electron chi connectivity index (χ2n) is 7.03. The Labute approximate surface area is 172 Å². The van der Waals surface area contributed by atoms with E-state index < -0.39 is 17.1 Å². The first-order chi connectivity index (χ1) is 13.4. The van der Waals surface area contributed by atoms with E-state index >= 15 is 0 Å². The Morgan fingerprint density at radius 2 is 1.00 bits per heavy atom. The topological polar surface area (TPSA) is 61.6 Å².